The number of rotatable bonds is 5. The number of halogens is 1. The minimum atomic E-state index is -1.84. The van der Waals surface area contributed by atoms with Gasteiger partial charge >= 0.3 is 11.7 Å². The van der Waals surface area contributed by atoms with Crippen LogP contribution in [0.4, 0.5) is 4.39 Å². The number of nitrogens with zero attached hydrogens (tertiary/aromatic N) is 1. The molecule has 1 fully saturated rings. The largest absolute Gasteiger partial charge is 0.463 e. The summed E-state index contributed by atoms with van der Waals surface area (Å²) in [6.45, 7) is 3.08. The number of H-pyrrole nitrogens is 1. The summed E-state index contributed by atoms with van der Waals surface area (Å²) in [6, 6.07) is 1.09. The van der Waals surface area contributed by atoms with Gasteiger partial charge in [-0.3, -0.25) is 19.1 Å². The molecule has 0 saturated carbocycles. The predicted molar refractivity (Wildman–Crippen MR) is 81.2 cm³/mol. The Bertz CT molecular complexity index is 725. The van der Waals surface area contributed by atoms with E-state index in [0.717, 1.165) is 16.8 Å². The molecule has 1 aromatic heterocycles. The zero-order valence-corrected chi connectivity index (χ0v) is 13.7. The van der Waals surface area contributed by atoms with Crippen LogP contribution < -0.4 is 11.2 Å². The summed E-state index contributed by atoms with van der Waals surface area (Å²) in [6.07, 6.45) is 0.0787. The predicted octanol–water partition coefficient (Wildman–Crippen LogP) is 0.114. The Balaban J connectivity index is 2.54. The summed E-state index contributed by atoms with van der Waals surface area (Å²) in [7, 11) is 0. The number of esters is 1. The Morgan fingerprint density at radius 3 is 2.71 bits per heavy atom. The lowest BCUT2D eigenvalue weighted by molar-refractivity contribution is -0.164. The van der Waals surface area contributed by atoms with Gasteiger partial charge in [0.25, 0.3) is 5.56 Å². The van der Waals surface area contributed by atoms with Crippen molar-refractivity contribution in [2.24, 2.45) is 5.92 Å². The van der Waals surface area contributed by atoms with Crippen molar-refractivity contribution in [2.75, 3.05) is 13.3 Å². The molecule has 0 aliphatic carbocycles. The third-order valence-corrected chi connectivity index (χ3v) is 4.75. The van der Waals surface area contributed by atoms with E-state index in [1.807, 2.05) is 0 Å². The van der Waals surface area contributed by atoms with Gasteiger partial charge in [-0.1, -0.05) is 13.8 Å². The molecule has 0 amide bonds. The van der Waals surface area contributed by atoms with Crippen LogP contribution in [-0.4, -0.2) is 45.1 Å². The van der Waals surface area contributed by atoms with Crippen LogP contribution in [-0.2, 0) is 14.3 Å². The van der Waals surface area contributed by atoms with Crippen LogP contribution in [0.2, 0.25) is 0 Å². The van der Waals surface area contributed by atoms with Gasteiger partial charge in [0.2, 0.25) is 0 Å². The molecule has 0 spiro atoms. The number of aromatic nitrogens is 2. The molecule has 8 nitrogen and oxygen atoms in total. The van der Waals surface area contributed by atoms with E-state index in [9.17, 15) is 23.9 Å². The van der Waals surface area contributed by atoms with E-state index in [2.05, 4.69) is 4.98 Å². The van der Waals surface area contributed by atoms with Gasteiger partial charge in [-0.25, -0.2) is 9.18 Å². The Morgan fingerprint density at radius 2 is 2.21 bits per heavy atom. The van der Waals surface area contributed by atoms with E-state index in [1.54, 1.807) is 13.8 Å². The summed E-state index contributed by atoms with van der Waals surface area (Å²) >= 11 is 0. The smallest absolute Gasteiger partial charge is 0.330 e. The lowest BCUT2D eigenvalue weighted by atomic mass is 9.78. The SMILES string of the molecule is CC[C@@]1(CF)O[C@@H](n2ccc(=O)[nH]c2=O)[C@](O)(COC(C)=O)[C@@H]1C. The van der Waals surface area contributed by atoms with Gasteiger partial charge in [0.05, 0.1) is 0 Å². The molecular formula is C15H21FN2O6. The topological polar surface area (TPSA) is 111 Å². The minimum Gasteiger partial charge on any atom is -0.463 e. The number of aliphatic hydroxyl groups is 1. The molecular weight excluding hydrogens is 323 g/mol. The highest BCUT2D eigenvalue weighted by Crippen LogP contribution is 2.50. The van der Waals surface area contributed by atoms with Crippen molar-refractivity contribution in [1.29, 1.82) is 0 Å². The van der Waals surface area contributed by atoms with Crippen molar-refractivity contribution >= 4 is 5.97 Å². The second kappa shape index (κ2) is 6.48. The van der Waals surface area contributed by atoms with Crippen LogP contribution in [0.25, 0.3) is 0 Å². The maximum Gasteiger partial charge on any atom is 0.330 e. The summed E-state index contributed by atoms with van der Waals surface area (Å²) in [5, 5.41) is 11.1. The Hall–Kier alpha value is -2.00. The summed E-state index contributed by atoms with van der Waals surface area (Å²) in [5.74, 6) is -1.40. The summed E-state index contributed by atoms with van der Waals surface area (Å²) in [5.41, 5.74) is -4.60. The van der Waals surface area contributed by atoms with Crippen LogP contribution in [0, 0.1) is 5.92 Å². The van der Waals surface area contributed by atoms with Crippen molar-refractivity contribution in [3.63, 3.8) is 0 Å². The number of hydrogen-bond donors (Lipinski definition) is 2. The molecule has 1 aliphatic heterocycles. The number of carbonyl (C=O) groups is 1. The van der Waals surface area contributed by atoms with E-state index in [1.165, 1.54) is 6.92 Å². The first-order valence-corrected chi connectivity index (χ1v) is 7.61. The second-order valence-electron chi connectivity index (χ2n) is 6.03. The molecule has 9 heteroatoms. The van der Waals surface area contributed by atoms with Crippen molar-refractivity contribution < 1.29 is 23.8 Å². The van der Waals surface area contributed by atoms with Crippen LogP contribution >= 0.6 is 0 Å². The Kier molecular flexibility index (Phi) is 4.95. The quantitative estimate of drug-likeness (QED) is 0.734. The maximum atomic E-state index is 13.7. The lowest BCUT2D eigenvalue weighted by Crippen LogP contribution is -2.50. The standard InChI is InChI=1S/C15H21FN2O6/c1-4-14(7-16)9(2)15(22,8-23-10(3)19)12(24-14)18-6-5-11(20)17-13(18)21/h5-6,9,12,22H,4,7-8H2,1-3H3,(H,17,20,21)/t9-,12-,14+,15+/m1/s1. The van der Waals surface area contributed by atoms with Gasteiger partial charge in [-0.15, -0.1) is 0 Å². The molecule has 1 aromatic rings. The van der Waals surface area contributed by atoms with E-state index < -0.39 is 53.8 Å². The highest BCUT2D eigenvalue weighted by Gasteiger charge is 2.62. The van der Waals surface area contributed by atoms with Crippen LogP contribution in [0.5, 0.6) is 0 Å². The van der Waals surface area contributed by atoms with Gasteiger partial charge in [-0.05, 0) is 6.42 Å². The molecule has 0 bridgehead atoms. The zero-order chi connectivity index (χ0) is 18.1. The summed E-state index contributed by atoms with van der Waals surface area (Å²) in [4.78, 5) is 36.5. The van der Waals surface area contributed by atoms with Crippen molar-refractivity contribution in [1.82, 2.24) is 9.55 Å². The number of hydrogen-bond acceptors (Lipinski definition) is 6. The number of ether oxygens (including phenoxy) is 2. The number of nitrogens with one attached hydrogen (secondary N) is 1. The third kappa shape index (κ3) is 2.89. The molecule has 24 heavy (non-hydrogen) atoms. The Labute approximate surface area is 137 Å². The summed E-state index contributed by atoms with van der Waals surface area (Å²) < 4.78 is 25.3. The average molecular weight is 344 g/mol. The van der Waals surface area contributed by atoms with Gasteiger partial charge < -0.3 is 14.6 Å². The third-order valence-electron chi connectivity index (χ3n) is 4.75. The van der Waals surface area contributed by atoms with Crippen molar-refractivity contribution in [3.8, 4) is 0 Å². The van der Waals surface area contributed by atoms with Gasteiger partial charge in [0.1, 0.15) is 24.5 Å². The molecule has 4 atom stereocenters. The fraction of sp³-hybridized carbons (Fsp3) is 0.667. The number of aromatic amines is 1. The fourth-order valence-corrected chi connectivity index (χ4v) is 3.05. The Morgan fingerprint density at radius 1 is 1.54 bits per heavy atom. The highest BCUT2D eigenvalue weighted by atomic mass is 19.1. The van der Waals surface area contributed by atoms with Gasteiger partial charge in [0.15, 0.2) is 6.23 Å². The second-order valence-corrected chi connectivity index (χ2v) is 6.03. The first kappa shape index (κ1) is 18.3. The molecule has 2 N–H and O–H groups in total. The molecule has 1 saturated heterocycles. The molecule has 134 valence electrons. The molecule has 2 heterocycles. The molecule has 2 rings (SSSR count). The monoisotopic (exact) mass is 344 g/mol. The fourth-order valence-electron chi connectivity index (χ4n) is 3.05. The van der Waals surface area contributed by atoms with E-state index >= 15 is 0 Å². The zero-order valence-electron chi connectivity index (χ0n) is 13.7. The average Bonchev–Trinajstić information content (AvgIpc) is 2.76. The first-order chi connectivity index (χ1) is 11.2. The molecule has 0 aromatic carbocycles. The minimum absolute atomic E-state index is 0.238. The molecule has 0 unspecified atom stereocenters. The lowest BCUT2D eigenvalue weighted by Gasteiger charge is -2.33. The van der Waals surface area contributed by atoms with E-state index in [0.29, 0.717) is 0 Å². The molecule has 0 radical (unpaired) electrons. The van der Waals surface area contributed by atoms with Crippen molar-refractivity contribution in [2.45, 2.75) is 44.6 Å². The first-order valence-electron chi connectivity index (χ1n) is 7.61. The van der Waals surface area contributed by atoms with E-state index in [-0.39, 0.29) is 6.42 Å². The highest BCUT2D eigenvalue weighted by molar-refractivity contribution is 5.66. The van der Waals surface area contributed by atoms with Crippen molar-refractivity contribution in [3.05, 3.63) is 33.1 Å². The van der Waals surface area contributed by atoms with E-state index in [4.69, 9.17) is 9.47 Å². The normalized spacial score (nSPS) is 32.7. The van der Waals surface area contributed by atoms with Crippen LogP contribution in [0.3, 0.4) is 0 Å². The molecule has 1 aliphatic rings. The number of carbonyl (C=O) groups excluding carboxylic acids is 1. The maximum absolute atomic E-state index is 13.7. The van der Waals surface area contributed by atoms with Gasteiger partial charge in [0, 0.05) is 25.1 Å². The van der Waals surface area contributed by atoms with Crippen LogP contribution in [0.1, 0.15) is 33.4 Å². The van der Waals surface area contributed by atoms with Gasteiger partial charge in [-0.2, -0.15) is 0 Å². The van der Waals surface area contributed by atoms with Crippen LogP contribution in [0.15, 0.2) is 21.9 Å². The number of alkyl halides is 1.